The Morgan fingerprint density at radius 2 is 0.391 bits per heavy atom. The van der Waals surface area contributed by atoms with Gasteiger partial charge in [0, 0.05) is 0 Å². The van der Waals surface area contributed by atoms with Gasteiger partial charge in [0.15, 0.2) is 0 Å². The summed E-state index contributed by atoms with van der Waals surface area (Å²) in [6.45, 7) is 0. The number of hydrogen-bond acceptors (Lipinski definition) is 2. The molecule has 0 bridgehead atoms. The van der Waals surface area contributed by atoms with Crippen molar-refractivity contribution in [3.63, 3.8) is 0 Å². The van der Waals surface area contributed by atoms with Crippen LogP contribution in [0.25, 0.3) is 0 Å². The van der Waals surface area contributed by atoms with Crippen LogP contribution in [0.5, 0.6) is 0 Å². The van der Waals surface area contributed by atoms with E-state index in [9.17, 15) is 8.42 Å². The van der Waals surface area contributed by atoms with E-state index in [1.54, 1.807) is 0 Å². The lowest BCUT2D eigenvalue weighted by atomic mass is 15.9. The van der Waals surface area contributed by atoms with Gasteiger partial charge >= 0.3 is 15.2 Å². The van der Waals surface area contributed by atoms with Crippen molar-refractivity contribution in [1.29, 1.82) is 0 Å². The molecule has 0 amide bonds. The van der Waals surface area contributed by atoms with Crippen LogP contribution >= 0.6 is 0 Å². The molecule has 0 saturated heterocycles. The molecule has 23 heteroatoms. The van der Waals surface area contributed by atoms with Crippen molar-refractivity contribution in [3.8, 4) is 0 Å². The summed E-state index contributed by atoms with van der Waals surface area (Å²) in [5, 5.41) is 0. The highest BCUT2D eigenvalue weighted by Crippen LogP contribution is 1.57. The van der Waals surface area contributed by atoms with E-state index in [1.165, 1.54) is 0 Å². The van der Waals surface area contributed by atoms with Crippen LogP contribution in [0.4, 0.5) is 0 Å². The highest BCUT2D eigenvalue weighted by molar-refractivity contribution is 8.07. The minimum absolute atomic E-state index is 0. The van der Waals surface area contributed by atoms with Gasteiger partial charge in [0.1, 0.15) is 8.48 Å². The van der Waals surface area contributed by atoms with Gasteiger partial charge in [-0.15, -0.1) is 0 Å². The molecule has 0 aliphatic carbocycles. The Morgan fingerprint density at radius 3 is 0.391 bits per heavy atom. The maximum absolute atomic E-state index is 9.20. The zero-order valence-electron chi connectivity index (χ0n) is 11.4. The maximum atomic E-state index is 9.20. The predicted octanol–water partition coefficient (Wildman–Crippen LogP) is -16.2. The lowest BCUT2D eigenvalue weighted by Gasteiger charge is -1.71. The molecule has 0 aromatic heterocycles. The van der Waals surface area contributed by atoms with E-state index in [1.807, 2.05) is 0 Å². The molecule has 0 atom stereocenters. The fourth-order valence-corrected chi connectivity index (χ4v) is 0. The second kappa shape index (κ2) is 285. The second-order valence-corrected chi connectivity index (χ2v) is 3.93. The summed E-state index contributed by atoms with van der Waals surface area (Å²) >= 11 is 0.539. The van der Waals surface area contributed by atoms with Gasteiger partial charge in [-0.25, -0.2) is 8.42 Å². The molecular weight excluding hydrogens is 395 g/mol. The third-order valence-electron chi connectivity index (χ3n) is 0. The molecule has 0 aromatic rings. The van der Waals surface area contributed by atoms with Crippen LogP contribution in [0.15, 0.2) is 0 Å². The van der Waals surface area contributed by atoms with Gasteiger partial charge in [0.05, 0.1) is 0 Å². The topological polar surface area (TPSA) is 621 Å². The van der Waals surface area contributed by atoms with Gasteiger partial charge in [-0.2, -0.15) is 0 Å². The third-order valence-corrected chi connectivity index (χ3v) is 0. The first-order valence-electron chi connectivity index (χ1n) is 0.805. The molecule has 0 rings (SSSR count). The van der Waals surface area contributed by atoms with E-state index < -0.39 is 8.48 Å². The Bertz CT molecular complexity index is 95.0. The summed E-state index contributed by atoms with van der Waals surface area (Å²) in [4.78, 5) is 0. The van der Waals surface area contributed by atoms with Gasteiger partial charge in [-0.05, 0) is 0 Å². The minimum Gasteiger partial charge on any atom is -0.412 e. The van der Waals surface area contributed by atoms with E-state index in [-0.39, 0.29) is 98.6 Å². The van der Waals surface area contributed by atoms with E-state index in [2.05, 4.69) is 0 Å². The molecule has 0 spiro atoms. The van der Waals surface area contributed by atoms with Crippen LogP contribution in [-0.4, -0.2) is 127 Å². The first kappa shape index (κ1) is 774. The average Bonchev–Trinajstić information content (AvgIpc) is 0.722. The smallest absolute Gasteiger partial charge is 0.412 e. The van der Waals surface area contributed by atoms with Gasteiger partial charge in [0.2, 0.25) is 0 Å². The largest absolute Gasteiger partial charge is 0.431 e. The summed E-state index contributed by atoms with van der Waals surface area (Å²) in [5.74, 6) is 0. The minimum atomic E-state index is -3.64. The standard InChI is InChI=1S/Al.HO3S.18H2O.H/c;1-4(2)3;;;;;;;;;;;;;;;;;;;/h;(H,1,2,3);18*1H2;. The Balaban J connectivity index is -0.000000000523. The van der Waals surface area contributed by atoms with Crippen molar-refractivity contribution in [2.24, 2.45) is 0 Å². The second-order valence-electron chi connectivity index (χ2n) is 0.582. The Kier molecular flexibility index (Phi) is 9580. The van der Waals surface area contributed by atoms with Crippen LogP contribution in [0.3, 0.4) is 0 Å². The molecule has 23 heavy (non-hydrogen) atoms. The highest BCUT2D eigenvalue weighted by atomic mass is 32.4. The van der Waals surface area contributed by atoms with Crippen LogP contribution in [0, 0.1) is 0 Å². The molecule has 173 valence electrons. The summed E-state index contributed by atoms with van der Waals surface area (Å²) < 4.78 is 25.9. The van der Waals surface area contributed by atoms with Crippen molar-refractivity contribution < 1.29 is 112 Å². The molecule has 0 heterocycles. The molecular formula is H38AlO21S. The Morgan fingerprint density at radius 1 is 0.391 bits per heavy atom. The van der Waals surface area contributed by atoms with E-state index in [4.69, 9.17) is 4.55 Å². The van der Waals surface area contributed by atoms with E-state index in [0.29, 0.717) is 15.2 Å². The molecule has 0 aliphatic heterocycles. The summed E-state index contributed by atoms with van der Waals surface area (Å²) in [6.07, 6.45) is 0. The summed E-state index contributed by atoms with van der Waals surface area (Å²) in [6, 6.07) is 0. The summed E-state index contributed by atoms with van der Waals surface area (Å²) in [7, 11) is -3.64. The van der Waals surface area contributed by atoms with Crippen molar-refractivity contribution in [1.82, 2.24) is 0 Å². The van der Waals surface area contributed by atoms with Gasteiger partial charge in [0.25, 0.3) is 0 Å². The van der Waals surface area contributed by atoms with Crippen molar-refractivity contribution >= 4 is 23.6 Å². The van der Waals surface area contributed by atoms with Crippen LogP contribution < -0.4 is 0 Å². The molecule has 1 radical (unpaired) electrons. The van der Waals surface area contributed by atoms with Crippen molar-refractivity contribution in [2.75, 3.05) is 0 Å². The van der Waals surface area contributed by atoms with Crippen molar-refractivity contribution in [2.45, 2.75) is 0 Å². The molecule has 0 saturated carbocycles. The molecule has 21 nitrogen and oxygen atoms in total. The van der Waals surface area contributed by atoms with Gasteiger partial charge in [-0.1, -0.05) is 0 Å². The van der Waals surface area contributed by atoms with Crippen molar-refractivity contribution in [3.05, 3.63) is 0 Å². The first-order valence-corrected chi connectivity index (χ1v) is 4.15. The van der Waals surface area contributed by atoms with Crippen LogP contribution in [0.2, 0.25) is 0 Å². The third kappa shape index (κ3) is 110000. The highest BCUT2D eigenvalue weighted by Gasteiger charge is 1.82. The fraction of sp³-hybridized carbons (Fsp3) is 0. The van der Waals surface area contributed by atoms with E-state index in [0.717, 1.165) is 0 Å². The first-order chi connectivity index (χ1) is 2.00. The summed E-state index contributed by atoms with van der Waals surface area (Å²) in [5.41, 5.74) is 0. The van der Waals surface area contributed by atoms with Crippen LogP contribution in [-0.2, 0) is 8.48 Å². The Labute approximate surface area is 136 Å². The monoisotopic (exact) mass is 433 g/mol. The zero-order chi connectivity index (χ0) is 4.50. The normalized spacial score (nSPS) is 2.48. The number of hydrogen-bond donors (Lipinski definition) is 1. The quantitative estimate of drug-likeness (QED) is 0.287. The molecule has 0 aliphatic rings. The Hall–Kier alpha value is -0.278. The zero-order valence-corrected chi connectivity index (χ0v) is 13.6. The van der Waals surface area contributed by atoms with Crippen LogP contribution in [0.1, 0.15) is 0 Å². The predicted molar refractivity (Wildman–Crippen MR) is 83.7 cm³/mol. The van der Waals surface area contributed by atoms with Gasteiger partial charge in [-0.3, -0.25) is 0 Å². The average molecular weight is 433 g/mol. The fourth-order valence-electron chi connectivity index (χ4n) is 0. The SMILES string of the molecule is O.O.O.O.O.O.O.O.O.O.O.O.O.O.O.O.O.O.O=[S](=O)(O)[AlH]. The number of rotatable bonds is 0. The lowest BCUT2D eigenvalue weighted by molar-refractivity contribution is 0.501. The molecule has 0 unspecified atom stereocenters. The molecule has 37 N–H and O–H groups in total. The van der Waals surface area contributed by atoms with E-state index >= 15 is 0 Å². The lowest BCUT2D eigenvalue weighted by Crippen LogP contribution is -1.91. The maximum Gasteiger partial charge on any atom is 0.431 e. The van der Waals surface area contributed by atoms with Gasteiger partial charge < -0.3 is 103 Å². The molecule has 0 aromatic carbocycles. The molecule has 0 fully saturated rings.